The molecule has 0 spiro atoms. The molecule has 0 aliphatic carbocycles. The van der Waals surface area contributed by atoms with Gasteiger partial charge in [0.05, 0.1) is 68.3 Å². The first kappa shape index (κ1) is 45.8. The van der Waals surface area contributed by atoms with Crippen LogP contribution in [-0.4, -0.2) is 24.5 Å². The summed E-state index contributed by atoms with van der Waals surface area (Å²) in [5, 5.41) is 21.6. The quantitative estimate of drug-likeness (QED) is 0.143. The minimum Gasteiger partial charge on any atom is -0.308 e. The predicted octanol–water partition coefficient (Wildman–Crippen LogP) is 16.5. The summed E-state index contributed by atoms with van der Waals surface area (Å²) in [6.45, 7) is 0. The number of rotatable bonds is 9. The Hall–Kier alpha value is -10.3. The van der Waals surface area contributed by atoms with Crippen molar-refractivity contribution >= 4 is 21.8 Å². The van der Waals surface area contributed by atoms with Gasteiger partial charge < -0.3 is 4.57 Å². The Morgan fingerprint density at radius 1 is 0.347 bits per heavy atom. The summed E-state index contributed by atoms with van der Waals surface area (Å²) in [5.41, 5.74) is 9.59. The maximum absolute atomic E-state index is 16.0. The molecule has 10 heteroatoms. The maximum Gasteiger partial charge on any atom is 0.416 e. The fourth-order valence-electron chi connectivity index (χ4n) is 9.70. The van der Waals surface area contributed by atoms with Crippen LogP contribution in [-0.2, 0) is 6.18 Å². The van der Waals surface area contributed by atoms with Crippen LogP contribution in [0, 0.1) is 22.7 Å². The SMILES string of the molecule is N#Cc1cccc(-c2ccc3c4ccc(-c5cccc(C#N)c5)cc4n(-c4c(-c5cc(-c6ccccc6)nc(-c6ccccc6)n5)cc(C(F)(F)F)cc4-c4nc(-c5ccccc5)cc(-c5ccccc5)n4)c3c2)c1. The summed E-state index contributed by atoms with van der Waals surface area (Å²) < 4.78 is 50.0. The van der Waals surface area contributed by atoms with Crippen LogP contribution in [0.4, 0.5) is 13.2 Å². The predicted molar refractivity (Wildman–Crippen MR) is 290 cm³/mol. The standard InChI is InChI=1S/C65H38F3N7/c66-65(67,68)51-35-54(59-38-58(45-21-9-3-10-22-45)71-63(74-59)46-23-11-4-12-24-46)62(55(36-51)64-72-56(43-17-5-1-6-18-43)37-57(73-64)44-19-7-2-8-20-44)75-60-33-49(47-25-13-15-41(31-47)39-69)27-29-52(60)53-30-28-50(34-61(53)75)48-26-14-16-42(32-48)40-70/h1-38H. The van der Waals surface area contributed by atoms with Gasteiger partial charge in [-0.05, 0) is 82.9 Å². The second-order valence-electron chi connectivity index (χ2n) is 18.0. The number of fused-ring (bicyclic) bond motifs is 3. The molecule has 354 valence electrons. The highest BCUT2D eigenvalue weighted by Crippen LogP contribution is 2.46. The molecule has 0 saturated carbocycles. The molecule has 0 radical (unpaired) electrons. The number of nitriles is 2. The zero-order valence-corrected chi connectivity index (χ0v) is 39.7. The first-order chi connectivity index (χ1) is 36.7. The molecule has 0 bridgehead atoms. The summed E-state index contributed by atoms with van der Waals surface area (Å²) in [6, 6.07) is 74.9. The van der Waals surface area contributed by atoms with Gasteiger partial charge >= 0.3 is 6.18 Å². The van der Waals surface area contributed by atoms with E-state index in [9.17, 15) is 10.5 Å². The van der Waals surface area contributed by atoms with E-state index in [1.807, 2.05) is 205 Å². The van der Waals surface area contributed by atoms with E-state index in [0.29, 0.717) is 56.3 Å². The highest BCUT2D eigenvalue weighted by atomic mass is 19.4. The topological polar surface area (TPSA) is 104 Å². The Balaban J connectivity index is 1.28. The third-order valence-electron chi connectivity index (χ3n) is 13.3. The zero-order chi connectivity index (χ0) is 51.0. The molecular weight excluding hydrogens is 936 g/mol. The maximum atomic E-state index is 16.0. The van der Waals surface area contributed by atoms with Crippen LogP contribution in [0.25, 0.3) is 118 Å². The summed E-state index contributed by atoms with van der Waals surface area (Å²) in [5.74, 6) is 0.357. The normalized spacial score (nSPS) is 11.4. The highest BCUT2D eigenvalue weighted by molar-refractivity contribution is 6.12. The van der Waals surface area contributed by atoms with Gasteiger partial charge in [0.2, 0.25) is 0 Å². The fraction of sp³-hybridized carbons (Fsp3) is 0.0154. The molecule has 9 aromatic carbocycles. The molecule has 0 N–H and O–H groups in total. The minimum atomic E-state index is -4.85. The minimum absolute atomic E-state index is 0.0453. The number of hydrogen-bond donors (Lipinski definition) is 0. The Morgan fingerprint density at radius 2 is 0.733 bits per heavy atom. The molecular formula is C65H38F3N7. The van der Waals surface area contributed by atoms with Gasteiger partial charge in [0.25, 0.3) is 0 Å². The fourth-order valence-corrected chi connectivity index (χ4v) is 9.70. The molecule has 12 rings (SSSR count). The summed E-state index contributed by atoms with van der Waals surface area (Å²) in [4.78, 5) is 20.6. The summed E-state index contributed by atoms with van der Waals surface area (Å²) in [7, 11) is 0. The molecule has 0 amide bonds. The average molecular weight is 974 g/mol. The zero-order valence-electron chi connectivity index (χ0n) is 39.7. The number of hydrogen-bond acceptors (Lipinski definition) is 6. The lowest BCUT2D eigenvalue weighted by Crippen LogP contribution is -2.11. The number of benzene rings is 9. The Labute approximate surface area is 429 Å². The van der Waals surface area contributed by atoms with Gasteiger partial charge in [-0.3, -0.25) is 0 Å². The smallest absolute Gasteiger partial charge is 0.308 e. The Morgan fingerprint density at radius 3 is 1.19 bits per heavy atom. The van der Waals surface area contributed by atoms with Crippen molar-refractivity contribution in [2.24, 2.45) is 0 Å². The van der Waals surface area contributed by atoms with Gasteiger partial charge in [-0.2, -0.15) is 23.7 Å². The van der Waals surface area contributed by atoms with E-state index in [4.69, 9.17) is 19.9 Å². The van der Waals surface area contributed by atoms with Gasteiger partial charge in [-0.15, -0.1) is 0 Å². The first-order valence-electron chi connectivity index (χ1n) is 24.0. The van der Waals surface area contributed by atoms with Crippen molar-refractivity contribution in [1.29, 1.82) is 10.5 Å². The van der Waals surface area contributed by atoms with Gasteiger partial charge in [0, 0.05) is 44.2 Å². The van der Waals surface area contributed by atoms with Gasteiger partial charge in [0.1, 0.15) is 0 Å². The number of nitrogens with zero attached hydrogens (tertiary/aromatic N) is 7. The third-order valence-corrected chi connectivity index (χ3v) is 13.3. The van der Waals surface area contributed by atoms with Crippen LogP contribution in [0.3, 0.4) is 0 Å². The van der Waals surface area contributed by atoms with Crippen molar-refractivity contribution in [2.75, 3.05) is 0 Å². The van der Waals surface area contributed by atoms with E-state index in [0.717, 1.165) is 55.8 Å². The van der Waals surface area contributed by atoms with Crippen molar-refractivity contribution in [1.82, 2.24) is 24.5 Å². The van der Waals surface area contributed by atoms with E-state index in [1.54, 1.807) is 18.2 Å². The summed E-state index contributed by atoms with van der Waals surface area (Å²) in [6.07, 6.45) is -4.85. The van der Waals surface area contributed by atoms with E-state index in [-0.39, 0.29) is 22.6 Å². The number of alkyl halides is 3. The van der Waals surface area contributed by atoms with Crippen LogP contribution >= 0.6 is 0 Å². The van der Waals surface area contributed by atoms with Crippen LogP contribution in [0.15, 0.2) is 231 Å². The molecule has 75 heavy (non-hydrogen) atoms. The van der Waals surface area contributed by atoms with Crippen molar-refractivity contribution < 1.29 is 13.2 Å². The van der Waals surface area contributed by atoms with E-state index >= 15 is 13.2 Å². The third kappa shape index (κ3) is 8.84. The second-order valence-corrected chi connectivity index (χ2v) is 18.0. The lowest BCUT2D eigenvalue weighted by Gasteiger charge is -2.22. The van der Waals surface area contributed by atoms with E-state index in [2.05, 4.69) is 12.1 Å². The molecule has 12 aromatic rings. The lowest BCUT2D eigenvalue weighted by molar-refractivity contribution is -0.137. The number of halogens is 3. The number of aromatic nitrogens is 5. The van der Waals surface area contributed by atoms with Crippen molar-refractivity contribution in [3.8, 4) is 108 Å². The molecule has 0 fully saturated rings. The summed E-state index contributed by atoms with van der Waals surface area (Å²) >= 11 is 0. The highest BCUT2D eigenvalue weighted by Gasteiger charge is 2.35. The second kappa shape index (κ2) is 19.0. The Kier molecular flexibility index (Phi) is 11.6. The monoisotopic (exact) mass is 973 g/mol. The van der Waals surface area contributed by atoms with Crippen molar-refractivity contribution in [3.63, 3.8) is 0 Å². The van der Waals surface area contributed by atoms with E-state index in [1.165, 1.54) is 6.07 Å². The van der Waals surface area contributed by atoms with Crippen molar-refractivity contribution in [3.05, 3.63) is 247 Å². The lowest BCUT2D eigenvalue weighted by atomic mass is 9.96. The van der Waals surface area contributed by atoms with Crippen LogP contribution < -0.4 is 0 Å². The van der Waals surface area contributed by atoms with E-state index < -0.39 is 11.7 Å². The molecule has 0 unspecified atom stereocenters. The van der Waals surface area contributed by atoms with Crippen LogP contribution in [0.5, 0.6) is 0 Å². The van der Waals surface area contributed by atoms with Crippen LogP contribution in [0.2, 0.25) is 0 Å². The molecule has 0 atom stereocenters. The van der Waals surface area contributed by atoms with Gasteiger partial charge in [-0.1, -0.05) is 170 Å². The molecule has 0 aliphatic rings. The first-order valence-corrected chi connectivity index (χ1v) is 24.0. The molecule has 7 nitrogen and oxygen atoms in total. The Bertz CT molecular complexity index is 3860. The van der Waals surface area contributed by atoms with Gasteiger partial charge in [-0.25, -0.2) is 19.9 Å². The van der Waals surface area contributed by atoms with Gasteiger partial charge in [0.15, 0.2) is 11.6 Å². The molecule has 0 aliphatic heterocycles. The van der Waals surface area contributed by atoms with Crippen LogP contribution in [0.1, 0.15) is 16.7 Å². The largest absolute Gasteiger partial charge is 0.416 e. The van der Waals surface area contributed by atoms with Crippen molar-refractivity contribution in [2.45, 2.75) is 6.18 Å². The molecule has 3 aromatic heterocycles. The molecule has 0 saturated heterocycles. The molecule has 3 heterocycles. The average Bonchev–Trinajstić information content (AvgIpc) is 3.94.